The topological polar surface area (TPSA) is 94.0 Å². The van der Waals surface area contributed by atoms with Crippen LogP contribution in [0.1, 0.15) is 87.9 Å². The summed E-state index contributed by atoms with van der Waals surface area (Å²) in [5, 5.41) is 5.39. The van der Waals surface area contributed by atoms with Crippen LogP contribution in [0.15, 0.2) is 50.5 Å². The van der Waals surface area contributed by atoms with Gasteiger partial charge >= 0.3 is 5.97 Å². The smallest absolute Gasteiger partial charge is 0.379 e. The lowest BCUT2D eigenvalue weighted by atomic mass is 9.93. The number of benzene rings is 2. The molecule has 0 bridgehead atoms. The molecule has 0 radical (unpaired) electrons. The van der Waals surface area contributed by atoms with Crippen LogP contribution < -0.4 is 10.2 Å². The molecule has 2 heterocycles. The number of aryl methyl sites for hydroxylation is 4. The van der Waals surface area contributed by atoms with Gasteiger partial charge in [0.2, 0.25) is 11.7 Å². The summed E-state index contributed by atoms with van der Waals surface area (Å²) < 4.78 is 17.6. The number of ether oxygens (including phenoxy) is 1. The molecule has 1 aliphatic carbocycles. The van der Waals surface area contributed by atoms with Crippen molar-refractivity contribution in [2.75, 3.05) is 0 Å². The second kappa shape index (κ2) is 10.6. The molecule has 39 heavy (non-hydrogen) atoms. The number of rotatable bonds is 6. The molecule has 0 saturated carbocycles. The molecule has 0 unspecified atom stereocenters. The van der Waals surface area contributed by atoms with E-state index in [0.29, 0.717) is 35.6 Å². The lowest BCUT2D eigenvalue weighted by molar-refractivity contribution is -0.120. The fourth-order valence-electron chi connectivity index (χ4n) is 5.20. The van der Waals surface area contributed by atoms with E-state index in [4.69, 9.17) is 13.6 Å². The van der Waals surface area contributed by atoms with E-state index in [-0.39, 0.29) is 24.0 Å². The van der Waals surface area contributed by atoms with Crippen molar-refractivity contribution in [3.63, 3.8) is 0 Å². The van der Waals surface area contributed by atoms with Crippen LogP contribution >= 0.6 is 0 Å². The molecule has 4 aromatic rings. The molecule has 0 saturated heterocycles. The molecule has 5 rings (SSSR count). The summed E-state index contributed by atoms with van der Waals surface area (Å²) in [6, 6.07) is 9.90. The number of nitrogens with zero attached hydrogens (tertiary/aromatic N) is 1. The third kappa shape index (κ3) is 5.13. The minimum Gasteiger partial charge on any atom is -0.464 e. The van der Waals surface area contributed by atoms with Crippen LogP contribution in [-0.2, 0) is 17.6 Å². The lowest BCUT2D eigenvalue weighted by Gasteiger charge is -2.13. The first-order chi connectivity index (χ1) is 18.6. The normalized spacial score (nSPS) is 14.2. The first-order valence-electron chi connectivity index (χ1n) is 13.4. The Bertz CT molecular complexity index is 1620. The van der Waals surface area contributed by atoms with E-state index in [2.05, 4.69) is 24.4 Å². The van der Waals surface area contributed by atoms with Crippen molar-refractivity contribution in [1.29, 1.82) is 0 Å². The van der Waals surface area contributed by atoms with E-state index < -0.39 is 5.97 Å². The zero-order chi connectivity index (χ0) is 27.8. The number of carbonyl (C=O) groups is 2. The number of furan rings is 2. The van der Waals surface area contributed by atoms with Gasteiger partial charge in [-0.25, -0.2) is 10.2 Å². The van der Waals surface area contributed by atoms with Gasteiger partial charge in [-0.15, -0.1) is 0 Å². The zero-order valence-corrected chi connectivity index (χ0v) is 23.4. The summed E-state index contributed by atoms with van der Waals surface area (Å²) in [4.78, 5) is 26.0. The predicted molar refractivity (Wildman–Crippen MR) is 151 cm³/mol. The standard InChI is InChI=1S/C32H34N2O5/c1-17(2)23-12-10-18(3)14-27(23)39-32(36)31-21(6)29-25(8-7-9-26(29)38-31)33-34-28(35)15-22-16-37-30-20(5)19(4)11-13-24(22)30/h10-14,16-17H,7-9,15H2,1-6H3,(H,34,35)/b33-25+. The van der Waals surface area contributed by atoms with Gasteiger partial charge in [0, 0.05) is 28.5 Å². The Hall–Kier alpha value is -4.13. The maximum absolute atomic E-state index is 13.2. The van der Waals surface area contributed by atoms with E-state index in [1.54, 1.807) is 6.26 Å². The maximum atomic E-state index is 13.2. The molecule has 0 aliphatic heterocycles. The number of hydrogen-bond donors (Lipinski definition) is 1. The molecule has 2 aromatic heterocycles. The number of nitrogens with one attached hydrogen (secondary N) is 1. The van der Waals surface area contributed by atoms with Gasteiger partial charge in [0.05, 0.1) is 18.4 Å². The highest BCUT2D eigenvalue weighted by Gasteiger charge is 2.29. The van der Waals surface area contributed by atoms with E-state index in [0.717, 1.165) is 50.8 Å². The van der Waals surface area contributed by atoms with Crippen molar-refractivity contribution >= 4 is 28.6 Å². The molecule has 1 aliphatic rings. The highest BCUT2D eigenvalue weighted by molar-refractivity contribution is 6.06. The number of hydrazone groups is 1. The summed E-state index contributed by atoms with van der Waals surface area (Å²) in [5.41, 5.74) is 10.7. The average Bonchev–Trinajstić information content (AvgIpc) is 3.46. The molecular formula is C32H34N2O5. The Labute approximate surface area is 228 Å². The monoisotopic (exact) mass is 526 g/mol. The van der Waals surface area contributed by atoms with E-state index in [1.165, 1.54) is 0 Å². The van der Waals surface area contributed by atoms with Crippen LogP contribution in [0.2, 0.25) is 0 Å². The first kappa shape index (κ1) is 26.5. The molecule has 1 N–H and O–H groups in total. The largest absolute Gasteiger partial charge is 0.464 e. The minimum absolute atomic E-state index is 0.149. The Balaban J connectivity index is 1.35. The van der Waals surface area contributed by atoms with Crippen molar-refractivity contribution in [2.24, 2.45) is 5.10 Å². The quantitative estimate of drug-likeness (QED) is 0.166. The van der Waals surface area contributed by atoms with Gasteiger partial charge in [-0.3, -0.25) is 4.79 Å². The number of esters is 1. The molecule has 202 valence electrons. The second-order valence-corrected chi connectivity index (χ2v) is 10.7. The van der Waals surface area contributed by atoms with Crippen LogP contribution in [0.5, 0.6) is 5.75 Å². The zero-order valence-electron chi connectivity index (χ0n) is 23.4. The third-order valence-corrected chi connectivity index (χ3v) is 7.51. The SMILES string of the molecule is Cc1ccc(C(C)C)c(OC(=O)c2oc3c(c2C)/C(=N/NC(=O)Cc2coc4c(C)c(C)ccc24)CCC3)c1. The van der Waals surface area contributed by atoms with Gasteiger partial charge < -0.3 is 13.6 Å². The van der Waals surface area contributed by atoms with Gasteiger partial charge in [0.15, 0.2) is 0 Å². The Morgan fingerprint density at radius 2 is 1.85 bits per heavy atom. The number of fused-ring (bicyclic) bond motifs is 2. The van der Waals surface area contributed by atoms with E-state index >= 15 is 0 Å². The third-order valence-electron chi connectivity index (χ3n) is 7.51. The summed E-state index contributed by atoms with van der Waals surface area (Å²) >= 11 is 0. The van der Waals surface area contributed by atoms with Crippen molar-refractivity contribution in [3.05, 3.63) is 87.1 Å². The van der Waals surface area contributed by atoms with E-state index in [9.17, 15) is 9.59 Å². The second-order valence-electron chi connectivity index (χ2n) is 10.7. The van der Waals surface area contributed by atoms with Crippen LogP contribution in [-0.4, -0.2) is 17.6 Å². The summed E-state index contributed by atoms with van der Waals surface area (Å²) in [7, 11) is 0. The Morgan fingerprint density at radius 1 is 1.05 bits per heavy atom. The molecule has 1 amide bonds. The molecule has 0 spiro atoms. The van der Waals surface area contributed by atoms with Crippen LogP contribution in [0, 0.1) is 27.7 Å². The molecule has 0 atom stereocenters. The summed E-state index contributed by atoms with van der Waals surface area (Å²) in [6.07, 6.45) is 3.96. The molecule has 2 aromatic carbocycles. The maximum Gasteiger partial charge on any atom is 0.379 e. The highest BCUT2D eigenvalue weighted by atomic mass is 16.5. The highest BCUT2D eigenvalue weighted by Crippen LogP contribution is 2.33. The Morgan fingerprint density at radius 3 is 2.62 bits per heavy atom. The molecule has 7 nitrogen and oxygen atoms in total. The fraction of sp³-hybridized carbons (Fsp3) is 0.344. The van der Waals surface area contributed by atoms with Gasteiger partial charge in [-0.2, -0.15) is 5.10 Å². The first-order valence-corrected chi connectivity index (χ1v) is 13.4. The van der Waals surface area contributed by atoms with Gasteiger partial charge in [0.1, 0.15) is 17.1 Å². The van der Waals surface area contributed by atoms with Crippen molar-refractivity contribution < 1.29 is 23.2 Å². The number of amides is 1. The van der Waals surface area contributed by atoms with Crippen LogP contribution in [0.3, 0.4) is 0 Å². The molecular weight excluding hydrogens is 492 g/mol. The average molecular weight is 527 g/mol. The van der Waals surface area contributed by atoms with Crippen LogP contribution in [0.25, 0.3) is 11.0 Å². The lowest BCUT2D eigenvalue weighted by Crippen LogP contribution is -2.23. The fourth-order valence-corrected chi connectivity index (χ4v) is 5.20. The summed E-state index contributed by atoms with van der Waals surface area (Å²) in [6.45, 7) is 12.0. The minimum atomic E-state index is -0.532. The van der Waals surface area contributed by atoms with Gasteiger partial charge in [-0.05, 0) is 74.8 Å². The molecule has 0 fully saturated rings. The molecule has 7 heteroatoms. The van der Waals surface area contributed by atoms with Crippen molar-refractivity contribution in [1.82, 2.24) is 5.43 Å². The predicted octanol–water partition coefficient (Wildman–Crippen LogP) is 7.00. The van der Waals surface area contributed by atoms with Crippen molar-refractivity contribution in [3.8, 4) is 5.75 Å². The summed E-state index contributed by atoms with van der Waals surface area (Å²) in [5.74, 6) is 0.843. The Kier molecular flexibility index (Phi) is 7.17. The van der Waals surface area contributed by atoms with E-state index in [1.807, 2.05) is 58.0 Å². The number of carbonyl (C=O) groups excluding carboxylic acids is 2. The van der Waals surface area contributed by atoms with Crippen LogP contribution in [0.4, 0.5) is 0 Å². The number of hydrogen-bond acceptors (Lipinski definition) is 6. The van der Waals surface area contributed by atoms with Gasteiger partial charge in [-0.1, -0.05) is 38.1 Å². The van der Waals surface area contributed by atoms with Gasteiger partial charge in [0.25, 0.3) is 0 Å². The van der Waals surface area contributed by atoms with Crippen molar-refractivity contribution in [2.45, 2.75) is 73.1 Å².